The zero-order valence-corrected chi connectivity index (χ0v) is 17.2. The van der Waals surface area contributed by atoms with Gasteiger partial charge in [-0.2, -0.15) is 26.3 Å². The van der Waals surface area contributed by atoms with Crippen LogP contribution in [0.2, 0.25) is 0 Å². The lowest BCUT2D eigenvalue weighted by Crippen LogP contribution is -2.54. The van der Waals surface area contributed by atoms with Crippen LogP contribution in [0.25, 0.3) is 0 Å². The first-order chi connectivity index (χ1) is 15.3. The molecule has 0 amide bonds. The topological polar surface area (TPSA) is 123 Å². The van der Waals surface area contributed by atoms with Crippen LogP contribution >= 0.6 is 0 Å². The number of hydrogen-bond acceptors (Lipinski definition) is 9. The Morgan fingerprint density at radius 1 is 1.06 bits per heavy atom. The summed E-state index contributed by atoms with van der Waals surface area (Å²) in [4.78, 5) is 18.9. The summed E-state index contributed by atoms with van der Waals surface area (Å²) >= 11 is 0. The van der Waals surface area contributed by atoms with E-state index in [1.807, 2.05) is 0 Å². The smallest absolute Gasteiger partial charge is 0.384 e. The van der Waals surface area contributed by atoms with E-state index in [0.717, 1.165) is 18.5 Å². The van der Waals surface area contributed by atoms with E-state index in [0.29, 0.717) is 6.07 Å². The second kappa shape index (κ2) is 8.90. The van der Waals surface area contributed by atoms with Crippen LogP contribution in [-0.4, -0.2) is 46.3 Å². The fourth-order valence-electron chi connectivity index (χ4n) is 2.74. The van der Waals surface area contributed by atoms with E-state index >= 15 is 0 Å². The van der Waals surface area contributed by atoms with Gasteiger partial charge in [-0.15, -0.1) is 0 Å². The van der Waals surface area contributed by atoms with Crippen molar-refractivity contribution >= 4 is 17.5 Å². The number of nitrogens with two attached hydrogens (primary N) is 1. The molecular weight excluding hydrogens is 458 g/mol. The van der Waals surface area contributed by atoms with Crippen LogP contribution in [0.3, 0.4) is 0 Å². The van der Waals surface area contributed by atoms with Gasteiger partial charge in [-0.1, -0.05) is 6.92 Å². The van der Waals surface area contributed by atoms with Gasteiger partial charge in [0.25, 0.3) is 0 Å². The average molecular weight is 476 g/mol. The Morgan fingerprint density at radius 2 is 1.73 bits per heavy atom. The van der Waals surface area contributed by atoms with Crippen molar-refractivity contribution in [1.29, 1.82) is 0 Å². The lowest BCUT2D eigenvalue weighted by Gasteiger charge is -2.32. The SMILES string of the molecule is COCC(C)C1(N)N=C(Nc2ccnc(C(F)(F)F)c2)NC(c2nccc(C(F)(F)F)n2)=N1. The van der Waals surface area contributed by atoms with Crippen molar-refractivity contribution in [3.05, 3.63) is 47.8 Å². The number of pyridine rings is 1. The molecule has 33 heavy (non-hydrogen) atoms. The summed E-state index contributed by atoms with van der Waals surface area (Å²) in [6.45, 7) is 1.69. The highest BCUT2D eigenvalue weighted by Gasteiger charge is 2.38. The van der Waals surface area contributed by atoms with Gasteiger partial charge in [-0.3, -0.25) is 10.7 Å². The molecule has 2 unspecified atom stereocenters. The molecule has 3 rings (SSSR count). The summed E-state index contributed by atoms with van der Waals surface area (Å²) in [6, 6.07) is 2.65. The van der Waals surface area contributed by atoms with Crippen LogP contribution in [0.1, 0.15) is 24.1 Å². The van der Waals surface area contributed by atoms with E-state index in [-0.39, 0.29) is 24.1 Å². The zero-order chi connectivity index (χ0) is 24.4. The van der Waals surface area contributed by atoms with Gasteiger partial charge in [0, 0.05) is 31.1 Å². The lowest BCUT2D eigenvalue weighted by atomic mass is 10.1. The highest BCUT2D eigenvalue weighted by atomic mass is 19.4. The van der Waals surface area contributed by atoms with Gasteiger partial charge in [0.05, 0.1) is 6.61 Å². The van der Waals surface area contributed by atoms with Crippen molar-refractivity contribution in [3.8, 4) is 0 Å². The molecule has 2 atom stereocenters. The third-order valence-corrected chi connectivity index (χ3v) is 4.43. The molecule has 15 heteroatoms. The quantitative estimate of drug-likeness (QED) is 0.567. The molecule has 2 aromatic heterocycles. The number of alkyl halides is 6. The van der Waals surface area contributed by atoms with Crippen LogP contribution in [0, 0.1) is 5.92 Å². The van der Waals surface area contributed by atoms with Crippen molar-refractivity contribution < 1.29 is 31.1 Å². The van der Waals surface area contributed by atoms with Crippen molar-refractivity contribution in [1.82, 2.24) is 20.3 Å². The van der Waals surface area contributed by atoms with Crippen molar-refractivity contribution in [3.63, 3.8) is 0 Å². The molecule has 0 spiro atoms. The molecule has 0 aliphatic carbocycles. The number of guanidine groups is 1. The minimum atomic E-state index is -4.74. The molecule has 2 aromatic rings. The summed E-state index contributed by atoms with van der Waals surface area (Å²) in [5, 5.41) is 5.19. The monoisotopic (exact) mass is 476 g/mol. The van der Waals surface area contributed by atoms with Crippen LogP contribution in [0.5, 0.6) is 0 Å². The number of amidine groups is 1. The molecule has 1 aliphatic rings. The lowest BCUT2D eigenvalue weighted by molar-refractivity contribution is -0.142. The average Bonchev–Trinajstić information content (AvgIpc) is 2.73. The summed E-state index contributed by atoms with van der Waals surface area (Å²) < 4.78 is 83.3. The fourth-order valence-corrected chi connectivity index (χ4v) is 2.74. The summed E-state index contributed by atoms with van der Waals surface area (Å²) in [6.07, 6.45) is -7.61. The standard InChI is InChI=1S/C18H18F6N8O/c1-9(8-33-2)18(25)31-14(13-27-6-4-11(29-13)16(19,20)21)30-15(32-18)28-10-3-5-26-12(7-10)17(22,23)24/h3-7,9H,8,25H2,1-2H3,(H2,26,28,30,31,32). The molecule has 178 valence electrons. The predicted molar refractivity (Wildman–Crippen MR) is 105 cm³/mol. The van der Waals surface area contributed by atoms with Gasteiger partial charge in [0.1, 0.15) is 11.4 Å². The number of ether oxygens (including phenoxy) is 1. The molecule has 9 nitrogen and oxygen atoms in total. The Hall–Kier alpha value is -3.33. The van der Waals surface area contributed by atoms with Gasteiger partial charge in [0.15, 0.2) is 11.7 Å². The first-order valence-electron chi connectivity index (χ1n) is 9.27. The minimum Gasteiger partial charge on any atom is -0.384 e. The Bertz CT molecular complexity index is 1070. The summed E-state index contributed by atoms with van der Waals surface area (Å²) in [5.41, 5.74) is 3.84. The Labute approximate surface area is 183 Å². The number of anilines is 1. The van der Waals surface area contributed by atoms with Crippen LogP contribution in [0.15, 0.2) is 40.6 Å². The van der Waals surface area contributed by atoms with E-state index in [2.05, 4.69) is 35.6 Å². The van der Waals surface area contributed by atoms with E-state index in [4.69, 9.17) is 10.5 Å². The molecule has 0 saturated carbocycles. The third kappa shape index (κ3) is 5.73. The van der Waals surface area contributed by atoms with Crippen molar-refractivity contribution in [2.45, 2.75) is 25.1 Å². The zero-order valence-electron chi connectivity index (χ0n) is 17.2. The molecule has 0 fully saturated rings. The Balaban J connectivity index is 2.00. The Morgan fingerprint density at radius 3 is 2.36 bits per heavy atom. The van der Waals surface area contributed by atoms with Gasteiger partial charge in [0.2, 0.25) is 11.7 Å². The normalized spacial score (nSPS) is 19.9. The van der Waals surface area contributed by atoms with E-state index < -0.39 is 41.3 Å². The molecule has 4 N–H and O–H groups in total. The number of aromatic nitrogens is 3. The molecular formula is C18H18F6N8O. The highest BCUT2D eigenvalue weighted by molar-refractivity contribution is 6.12. The maximum Gasteiger partial charge on any atom is 0.433 e. The number of nitrogens with zero attached hydrogens (tertiary/aromatic N) is 5. The first kappa shape index (κ1) is 24.3. The summed E-state index contributed by atoms with van der Waals surface area (Å²) in [7, 11) is 1.40. The number of halogens is 6. The van der Waals surface area contributed by atoms with Crippen molar-refractivity contribution in [2.24, 2.45) is 21.6 Å². The first-order valence-corrected chi connectivity index (χ1v) is 9.27. The Kier molecular flexibility index (Phi) is 6.56. The molecule has 3 heterocycles. The fraction of sp³-hybridized carbons (Fsp3) is 0.389. The predicted octanol–water partition coefficient (Wildman–Crippen LogP) is 2.62. The second-order valence-corrected chi connectivity index (χ2v) is 7.00. The van der Waals surface area contributed by atoms with E-state index in [9.17, 15) is 26.3 Å². The maximum absolute atomic E-state index is 13.1. The summed E-state index contributed by atoms with van der Waals surface area (Å²) in [5.74, 6) is -3.24. The molecule has 0 aromatic carbocycles. The molecule has 0 bridgehead atoms. The largest absolute Gasteiger partial charge is 0.433 e. The number of methoxy groups -OCH3 is 1. The van der Waals surface area contributed by atoms with Crippen molar-refractivity contribution in [2.75, 3.05) is 19.0 Å². The molecule has 1 aliphatic heterocycles. The number of rotatable bonds is 5. The van der Waals surface area contributed by atoms with Crippen LogP contribution in [-0.2, 0) is 17.1 Å². The number of aliphatic imine (C=N–C) groups is 2. The van der Waals surface area contributed by atoms with Gasteiger partial charge in [-0.05, 0) is 18.2 Å². The third-order valence-electron chi connectivity index (χ3n) is 4.43. The van der Waals surface area contributed by atoms with E-state index in [1.54, 1.807) is 6.92 Å². The number of nitrogens with one attached hydrogen (secondary N) is 2. The second-order valence-electron chi connectivity index (χ2n) is 7.00. The van der Waals surface area contributed by atoms with Gasteiger partial charge >= 0.3 is 12.4 Å². The van der Waals surface area contributed by atoms with Gasteiger partial charge < -0.3 is 15.4 Å². The minimum absolute atomic E-state index is 0.0588. The van der Waals surface area contributed by atoms with Gasteiger partial charge in [-0.25, -0.2) is 20.0 Å². The van der Waals surface area contributed by atoms with Crippen LogP contribution < -0.4 is 16.4 Å². The maximum atomic E-state index is 13.1. The van der Waals surface area contributed by atoms with Crippen LogP contribution in [0.4, 0.5) is 32.0 Å². The highest BCUT2D eigenvalue weighted by Crippen LogP contribution is 2.30. The number of hydrogen-bond donors (Lipinski definition) is 3. The van der Waals surface area contributed by atoms with E-state index in [1.165, 1.54) is 13.2 Å². The molecule has 0 radical (unpaired) electrons. The molecule has 0 saturated heterocycles.